The molecule has 0 aliphatic carbocycles. The maximum atomic E-state index is 13.2. The average molecular weight is 425 g/mol. The van der Waals surface area contributed by atoms with Crippen molar-refractivity contribution in [1.29, 1.82) is 0 Å². The molecule has 6 heteroatoms. The third-order valence-electron chi connectivity index (χ3n) is 4.93. The summed E-state index contributed by atoms with van der Waals surface area (Å²) in [5, 5.41) is 10.5. The Balaban J connectivity index is 1.56. The summed E-state index contributed by atoms with van der Waals surface area (Å²) in [6.45, 7) is 6.43. The second-order valence-electron chi connectivity index (χ2n) is 7.38. The summed E-state index contributed by atoms with van der Waals surface area (Å²) in [5.74, 6) is 1.21. The van der Waals surface area contributed by atoms with Crippen molar-refractivity contribution in [1.82, 2.24) is 9.47 Å². The van der Waals surface area contributed by atoms with Gasteiger partial charge in [-0.2, -0.15) is 0 Å². The fourth-order valence-electron chi connectivity index (χ4n) is 3.36. The molecule has 0 radical (unpaired) electrons. The minimum absolute atomic E-state index is 0.191. The predicted molar refractivity (Wildman–Crippen MR) is 120 cm³/mol. The highest BCUT2D eigenvalue weighted by Crippen LogP contribution is 2.17. The zero-order valence-corrected chi connectivity index (χ0v) is 17.8. The molecule has 0 aliphatic heterocycles. The number of halogens is 1. The summed E-state index contributed by atoms with van der Waals surface area (Å²) >= 11 is 0. The fraction of sp³-hybridized carbons (Fsp3) is 0.280. The summed E-state index contributed by atoms with van der Waals surface area (Å²) in [7, 11) is 1.61. The fourth-order valence-corrected chi connectivity index (χ4v) is 3.36. The van der Waals surface area contributed by atoms with E-state index in [-0.39, 0.29) is 12.4 Å². The topological polar surface area (TPSA) is 46.9 Å². The maximum Gasteiger partial charge on any atom is 0.123 e. The number of aliphatic hydroxyl groups excluding tert-OH is 1. The SMILES string of the molecule is C=CCN(Cc1cccn1Cc1ccc(F)cc1)CC(O)COc1ccc(OC)cc1. The van der Waals surface area contributed by atoms with Gasteiger partial charge in [0, 0.05) is 38.1 Å². The van der Waals surface area contributed by atoms with Crippen LogP contribution in [-0.2, 0) is 13.1 Å². The lowest BCUT2D eigenvalue weighted by Gasteiger charge is -2.24. The lowest BCUT2D eigenvalue weighted by molar-refractivity contribution is 0.0689. The van der Waals surface area contributed by atoms with Crippen molar-refractivity contribution in [2.45, 2.75) is 19.2 Å². The van der Waals surface area contributed by atoms with Crippen molar-refractivity contribution in [2.75, 3.05) is 26.8 Å². The standard InChI is InChI=1S/C25H29FN2O3/c1-3-14-27(18-23(29)19-31-25-12-10-24(30-2)11-13-25)17-22-5-4-15-28(22)16-20-6-8-21(26)9-7-20/h3-13,15,23,29H,1,14,16-19H2,2H3. The molecular formula is C25H29FN2O3. The van der Waals surface area contributed by atoms with Crippen molar-refractivity contribution in [2.24, 2.45) is 0 Å². The molecule has 1 unspecified atom stereocenters. The van der Waals surface area contributed by atoms with E-state index in [0.29, 0.717) is 31.9 Å². The van der Waals surface area contributed by atoms with Crippen LogP contribution in [0.4, 0.5) is 4.39 Å². The normalized spacial score (nSPS) is 12.0. The van der Waals surface area contributed by atoms with Crippen LogP contribution in [0.2, 0.25) is 0 Å². The molecule has 0 fully saturated rings. The average Bonchev–Trinajstić information content (AvgIpc) is 3.21. The minimum atomic E-state index is -0.650. The van der Waals surface area contributed by atoms with E-state index in [0.717, 1.165) is 17.0 Å². The summed E-state index contributed by atoms with van der Waals surface area (Å²) in [5.41, 5.74) is 2.14. The van der Waals surface area contributed by atoms with Gasteiger partial charge in [0.1, 0.15) is 30.0 Å². The van der Waals surface area contributed by atoms with Gasteiger partial charge in [-0.1, -0.05) is 18.2 Å². The molecular weight excluding hydrogens is 395 g/mol. The second-order valence-corrected chi connectivity index (χ2v) is 7.38. The Morgan fingerprint density at radius 2 is 1.81 bits per heavy atom. The van der Waals surface area contributed by atoms with Crippen molar-refractivity contribution in [3.8, 4) is 11.5 Å². The molecule has 2 aromatic carbocycles. The van der Waals surface area contributed by atoms with Gasteiger partial charge >= 0.3 is 0 Å². The molecule has 0 saturated carbocycles. The van der Waals surface area contributed by atoms with E-state index in [1.54, 1.807) is 19.2 Å². The molecule has 0 amide bonds. The molecule has 5 nitrogen and oxygen atoms in total. The van der Waals surface area contributed by atoms with Crippen LogP contribution >= 0.6 is 0 Å². The predicted octanol–water partition coefficient (Wildman–Crippen LogP) is 4.11. The molecule has 31 heavy (non-hydrogen) atoms. The molecule has 1 atom stereocenters. The van der Waals surface area contributed by atoms with Gasteiger partial charge in [0.2, 0.25) is 0 Å². The first-order valence-corrected chi connectivity index (χ1v) is 10.2. The minimum Gasteiger partial charge on any atom is -0.497 e. The zero-order valence-electron chi connectivity index (χ0n) is 17.8. The highest BCUT2D eigenvalue weighted by molar-refractivity contribution is 5.31. The lowest BCUT2D eigenvalue weighted by atomic mass is 10.2. The Labute approximate surface area is 183 Å². The van der Waals surface area contributed by atoms with Crippen molar-refractivity contribution in [3.05, 3.63) is 96.6 Å². The number of benzene rings is 2. The number of aromatic nitrogens is 1. The van der Waals surface area contributed by atoms with Crippen molar-refractivity contribution < 1.29 is 19.0 Å². The van der Waals surface area contributed by atoms with Crippen molar-refractivity contribution in [3.63, 3.8) is 0 Å². The molecule has 164 valence electrons. The van der Waals surface area contributed by atoms with Crippen LogP contribution in [0.15, 0.2) is 79.5 Å². The smallest absolute Gasteiger partial charge is 0.123 e. The Morgan fingerprint density at radius 1 is 1.10 bits per heavy atom. The van der Waals surface area contributed by atoms with Crippen LogP contribution in [0, 0.1) is 5.82 Å². The highest BCUT2D eigenvalue weighted by atomic mass is 19.1. The van der Waals surface area contributed by atoms with Gasteiger partial charge in [0.15, 0.2) is 0 Å². The van der Waals surface area contributed by atoms with Crippen LogP contribution in [0.1, 0.15) is 11.3 Å². The van der Waals surface area contributed by atoms with E-state index in [1.165, 1.54) is 12.1 Å². The number of ether oxygens (including phenoxy) is 2. The lowest BCUT2D eigenvalue weighted by Crippen LogP contribution is -2.36. The van der Waals surface area contributed by atoms with Crippen LogP contribution in [0.5, 0.6) is 11.5 Å². The zero-order chi connectivity index (χ0) is 22.1. The summed E-state index contributed by atoms with van der Waals surface area (Å²) in [6, 6.07) is 17.9. The van der Waals surface area contributed by atoms with Gasteiger partial charge in [-0.05, 0) is 54.1 Å². The maximum absolute atomic E-state index is 13.2. The monoisotopic (exact) mass is 424 g/mol. The van der Waals surface area contributed by atoms with Gasteiger partial charge in [0.05, 0.1) is 7.11 Å². The quantitative estimate of drug-likeness (QED) is 0.445. The molecule has 0 bridgehead atoms. The molecule has 1 N–H and O–H groups in total. The van der Waals surface area contributed by atoms with E-state index in [1.807, 2.05) is 42.6 Å². The van der Waals surface area contributed by atoms with E-state index in [2.05, 4.69) is 22.1 Å². The molecule has 3 aromatic rings. The molecule has 1 heterocycles. The van der Waals surface area contributed by atoms with E-state index >= 15 is 0 Å². The number of rotatable bonds is 12. The first-order valence-electron chi connectivity index (χ1n) is 10.2. The van der Waals surface area contributed by atoms with E-state index in [9.17, 15) is 9.50 Å². The largest absolute Gasteiger partial charge is 0.497 e. The van der Waals surface area contributed by atoms with E-state index in [4.69, 9.17) is 9.47 Å². The molecule has 0 saturated heterocycles. The van der Waals surface area contributed by atoms with Gasteiger partial charge in [-0.15, -0.1) is 6.58 Å². The van der Waals surface area contributed by atoms with Crippen LogP contribution in [-0.4, -0.2) is 47.5 Å². The van der Waals surface area contributed by atoms with Gasteiger partial charge < -0.3 is 19.1 Å². The van der Waals surface area contributed by atoms with Crippen LogP contribution < -0.4 is 9.47 Å². The Hall–Kier alpha value is -3.09. The second kappa shape index (κ2) is 11.3. The third-order valence-corrected chi connectivity index (χ3v) is 4.93. The van der Waals surface area contributed by atoms with Crippen LogP contribution in [0.3, 0.4) is 0 Å². The number of hydrogen-bond acceptors (Lipinski definition) is 4. The van der Waals surface area contributed by atoms with Crippen LogP contribution in [0.25, 0.3) is 0 Å². The van der Waals surface area contributed by atoms with Gasteiger partial charge in [-0.25, -0.2) is 4.39 Å². The first kappa shape index (κ1) is 22.6. The molecule has 1 aromatic heterocycles. The number of methoxy groups -OCH3 is 1. The number of nitrogens with zero attached hydrogens (tertiary/aromatic N) is 2. The summed E-state index contributed by atoms with van der Waals surface area (Å²) in [6.07, 6.45) is 3.18. The third kappa shape index (κ3) is 6.98. The molecule has 3 rings (SSSR count). The van der Waals surface area contributed by atoms with Gasteiger partial charge in [0.25, 0.3) is 0 Å². The number of hydrogen-bond donors (Lipinski definition) is 1. The molecule has 0 spiro atoms. The Morgan fingerprint density at radius 3 is 2.48 bits per heavy atom. The summed E-state index contributed by atoms with van der Waals surface area (Å²) < 4.78 is 26.1. The van der Waals surface area contributed by atoms with Gasteiger partial charge in [-0.3, -0.25) is 4.90 Å². The Kier molecular flexibility index (Phi) is 8.27. The number of aliphatic hydroxyl groups is 1. The Bertz CT molecular complexity index is 938. The molecule has 0 aliphatic rings. The highest BCUT2D eigenvalue weighted by Gasteiger charge is 2.14. The van der Waals surface area contributed by atoms with E-state index < -0.39 is 6.10 Å². The summed E-state index contributed by atoms with van der Waals surface area (Å²) in [4.78, 5) is 2.12. The van der Waals surface area contributed by atoms with Crippen molar-refractivity contribution >= 4 is 0 Å². The first-order chi connectivity index (χ1) is 15.1.